The van der Waals surface area contributed by atoms with Crippen molar-refractivity contribution in [1.82, 2.24) is 0 Å². The number of alkyl halides is 1. The molecule has 2 aliphatic carbocycles. The average Bonchev–Trinajstić information content (AvgIpc) is 2.60. The summed E-state index contributed by atoms with van der Waals surface area (Å²) < 4.78 is 6.17. The predicted octanol–water partition coefficient (Wildman–Crippen LogP) is 5.07. The molecule has 100 valence electrons. The van der Waals surface area contributed by atoms with Crippen LogP contribution in [0.3, 0.4) is 0 Å². The third-order valence-electron chi connectivity index (χ3n) is 4.79. The van der Waals surface area contributed by atoms with Gasteiger partial charge in [0.2, 0.25) is 0 Å². The maximum absolute atomic E-state index is 6.17. The number of rotatable bonds is 5. The quantitative estimate of drug-likeness (QED) is 0.509. The minimum atomic E-state index is 0.503. The first-order chi connectivity index (χ1) is 8.29. The Labute approximate surface area is 115 Å². The highest BCUT2D eigenvalue weighted by Crippen LogP contribution is 2.55. The van der Waals surface area contributed by atoms with Crippen molar-refractivity contribution in [2.75, 3.05) is 6.61 Å². The molecule has 2 rings (SSSR count). The molecule has 0 bridgehead atoms. The standard InChI is InChI=1S/C15H27BrO/c1-2-3-8-11-17-14-12-13(16)15(14)9-6-4-5-7-10-15/h13-14H,2-12H2,1H3. The van der Waals surface area contributed by atoms with E-state index in [-0.39, 0.29) is 0 Å². The fraction of sp³-hybridized carbons (Fsp3) is 1.00. The summed E-state index contributed by atoms with van der Waals surface area (Å²) in [7, 11) is 0. The molecule has 0 amide bonds. The topological polar surface area (TPSA) is 9.23 Å². The van der Waals surface area contributed by atoms with E-state index in [0.29, 0.717) is 11.5 Å². The summed E-state index contributed by atoms with van der Waals surface area (Å²) in [4.78, 5) is 0.726. The summed E-state index contributed by atoms with van der Waals surface area (Å²) >= 11 is 3.90. The number of hydrogen-bond donors (Lipinski definition) is 0. The van der Waals surface area contributed by atoms with Gasteiger partial charge >= 0.3 is 0 Å². The van der Waals surface area contributed by atoms with E-state index < -0.39 is 0 Å². The molecular weight excluding hydrogens is 276 g/mol. The lowest BCUT2D eigenvalue weighted by molar-refractivity contribution is -0.112. The summed E-state index contributed by atoms with van der Waals surface area (Å²) in [5.41, 5.74) is 0.503. The van der Waals surface area contributed by atoms with Gasteiger partial charge in [-0.3, -0.25) is 0 Å². The molecule has 0 aromatic heterocycles. The Bertz CT molecular complexity index is 221. The van der Waals surface area contributed by atoms with Crippen LogP contribution < -0.4 is 0 Å². The van der Waals surface area contributed by atoms with Crippen LogP contribution in [0.1, 0.15) is 71.1 Å². The molecule has 1 spiro atoms. The van der Waals surface area contributed by atoms with E-state index in [9.17, 15) is 0 Å². The summed E-state index contributed by atoms with van der Waals surface area (Å²) in [6.45, 7) is 3.24. The van der Waals surface area contributed by atoms with Crippen molar-refractivity contribution in [2.24, 2.45) is 5.41 Å². The fourth-order valence-electron chi connectivity index (χ4n) is 3.53. The Hall–Kier alpha value is 0.440. The van der Waals surface area contributed by atoms with Crippen LogP contribution >= 0.6 is 15.9 Å². The molecule has 0 saturated heterocycles. The monoisotopic (exact) mass is 302 g/mol. The van der Waals surface area contributed by atoms with Crippen LogP contribution in [0, 0.1) is 5.41 Å². The Morgan fingerprint density at radius 2 is 1.82 bits per heavy atom. The molecule has 0 N–H and O–H groups in total. The molecule has 0 heterocycles. The summed E-state index contributed by atoms with van der Waals surface area (Å²) in [6.07, 6.45) is 14.1. The van der Waals surface area contributed by atoms with Crippen LogP contribution in [-0.2, 0) is 4.74 Å². The normalized spacial score (nSPS) is 32.1. The van der Waals surface area contributed by atoms with Crippen molar-refractivity contribution < 1.29 is 4.74 Å². The van der Waals surface area contributed by atoms with Gasteiger partial charge in [0.25, 0.3) is 0 Å². The number of unbranched alkanes of at least 4 members (excludes halogenated alkanes) is 2. The third-order valence-corrected chi connectivity index (χ3v) is 6.07. The van der Waals surface area contributed by atoms with Gasteiger partial charge in [-0.15, -0.1) is 0 Å². The van der Waals surface area contributed by atoms with Gasteiger partial charge < -0.3 is 4.74 Å². The third kappa shape index (κ3) is 3.07. The maximum atomic E-state index is 6.17. The molecule has 1 nitrogen and oxygen atoms in total. The van der Waals surface area contributed by atoms with Crippen molar-refractivity contribution in [3.05, 3.63) is 0 Å². The van der Waals surface area contributed by atoms with Gasteiger partial charge in [0.1, 0.15) is 0 Å². The van der Waals surface area contributed by atoms with Crippen LogP contribution in [0.25, 0.3) is 0 Å². The van der Waals surface area contributed by atoms with E-state index in [1.54, 1.807) is 0 Å². The highest BCUT2D eigenvalue weighted by Gasteiger charge is 2.53. The van der Waals surface area contributed by atoms with Gasteiger partial charge in [0, 0.05) is 16.8 Å². The first kappa shape index (κ1) is 13.9. The first-order valence-corrected chi connectivity index (χ1v) is 8.47. The number of hydrogen-bond acceptors (Lipinski definition) is 1. The molecule has 0 aromatic rings. The van der Waals surface area contributed by atoms with Crippen LogP contribution in [0.2, 0.25) is 0 Å². The molecule has 2 fully saturated rings. The molecule has 2 saturated carbocycles. The van der Waals surface area contributed by atoms with Gasteiger partial charge in [0.05, 0.1) is 6.10 Å². The average molecular weight is 303 g/mol. The Kier molecular flexibility index (Phi) is 5.35. The van der Waals surface area contributed by atoms with Crippen LogP contribution in [-0.4, -0.2) is 17.5 Å². The largest absolute Gasteiger partial charge is 0.378 e. The Balaban J connectivity index is 1.81. The molecule has 2 unspecified atom stereocenters. The van der Waals surface area contributed by atoms with Gasteiger partial charge in [0.15, 0.2) is 0 Å². The van der Waals surface area contributed by atoms with E-state index >= 15 is 0 Å². The summed E-state index contributed by atoms with van der Waals surface area (Å²) in [6, 6.07) is 0. The van der Waals surface area contributed by atoms with Gasteiger partial charge in [-0.1, -0.05) is 61.4 Å². The maximum Gasteiger partial charge on any atom is 0.0652 e. The molecular formula is C15H27BrO. The SMILES string of the molecule is CCCCCOC1CC(Br)C12CCCCCC2. The smallest absolute Gasteiger partial charge is 0.0652 e. The molecule has 0 aromatic carbocycles. The van der Waals surface area contributed by atoms with Crippen LogP contribution in [0.5, 0.6) is 0 Å². The molecule has 0 radical (unpaired) electrons. The second-order valence-electron chi connectivity index (χ2n) is 5.92. The Morgan fingerprint density at radius 1 is 1.12 bits per heavy atom. The zero-order chi connectivity index (χ0) is 12.1. The lowest BCUT2D eigenvalue weighted by Crippen LogP contribution is -2.55. The molecule has 0 aliphatic heterocycles. The minimum absolute atomic E-state index is 0.503. The molecule has 17 heavy (non-hydrogen) atoms. The molecule has 2 heteroatoms. The van der Waals surface area contributed by atoms with Gasteiger partial charge in [-0.05, 0) is 25.7 Å². The zero-order valence-corrected chi connectivity index (χ0v) is 12.8. The lowest BCUT2D eigenvalue weighted by atomic mass is 9.61. The van der Waals surface area contributed by atoms with E-state index in [4.69, 9.17) is 4.74 Å². The van der Waals surface area contributed by atoms with Gasteiger partial charge in [-0.2, -0.15) is 0 Å². The first-order valence-electron chi connectivity index (χ1n) is 7.55. The lowest BCUT2D eigenvalue weighted by Gasteiger charge is -2.53. The highest BCUT2D eigenvalue weighted by molar-refractivity contribution is 9.09. The second-order valence-corrected chi connectivity index (χ2v) is 7.02. The van der Waals surface area contributed by atoms with E-state index in [1.165, 1.54) is 64.2 Å². The van der Waals surface area contributed by atoms with Crippen LogP contribution in [0.4, 0.5) is 0 Å². The van der Waals surface area contributed by atoms with E-state index in [0.717, 1.165) is 11.4 Å². The van der Waals surface area contributed by atoms with Crippen molar-refractivity contribution in [3.8, 4) is 0 Å². The van der Waals surface area contributed by atoms with E-state index in [1.807, 2.05) is 0 Å². The van der Waals surface area contributed by atoms with E-state index in [2.05, 4.69) is 22.9 Å². The second kappa shape index (κ2) is 6.56. The van der Waals surface area contributed by atoms with Crippen molar-refractivity contribution >= 4 is 15.9 Å². The summed E-state index contributed by atoms with van der Waals surface area (Å²) in [5.74, 6) is 0. The fourth-order valence-corrected chi connectivity index (χ4v) is 4.62. The van der Waals surface area contributed by atoms with Crippen molar-refractivity contribution in [2.45, 2.75) is 82.1 Å². The predicted molar refractivity (Wildman–Crippen MR) is 76.7 cm³/mol. The molecule has 2 aliphatic rings. The summed E-state index contributed by atoms with van der Waals surface area (Å²) in [5, 5.41) is 0. The molecule has 2 atom stereocenters. The minimum Gasteiger partial charge on any atom is -0.378 e. The van der Waals surface area contributed by atoms with Gasteiger partial charge in [-0.25, -0.2) is 0 Å². The Morgan fingerprint density at radius 3 is 2.41 bits per heavy atom. The number of ether oxygens (including phenoxy) is 1. The van der Waals surface area contributed by atoms with Crippen molar-refractivity contribution in [1.29, 1.82) is 0 Å². The zero-order valence-electron chi connectivity index (χ0n) is 11.2. The van der Waals surface area contributed by atoms with Crippen LogP contribution in [0.15, 0.2) is 0 Å². The van der Waals surface area contributed by atoms with Crippen molar-refractivity contribution in [3.63, 3.8) is 0 Å². The number of halogens is 1. The highest BCUT2D eigenvalue weighted by atomic mass is 79.9.